The van der Waals surface area contributed by atoms with Crippen molar-refractivity contribution in [2.24, 2.45) is 0 Å². The molecule has 0 fully saturated rings. The number of unbranched alkanes of at least 4 members (excludes halogenated alkanes) is 1. The third kappa shape index (κ3) is 4.85. The van der Waals surface area contributed by atoms with E-state index in [9.17, 15) is 4.79 Å². The summed E-state index contributed by atoms with van der Waals surface area (Å²) in [7, 11) is 0. The first kappa shape index (κ1) is 17.1. The number of nitrogens with one attached hydrogen (secondary N) is 1. The summed E-state index contributed by atoms with van der Waals surface area (Å²) in [6.45, 7) is 7.08. The molecule has 0 saturated heterocycles. The Kier molecular flexibility index (Phi) is 6.21. The van der Waals surface area contributed by atoms with E-state index in [2.05, 4.69) is 26.1 Å². The molecular weight excluding hydrogens is 286 g/mol. The van der Waals surface area contributed by atoms with Crippen molar-refractivity contribution >= 4 is 11.6 Å². The topological polar surface area (TPSA) is 38.3 Å². The Morgan fingerprint density at radius 2 is 1.78 bits per heavy atom. The van der Waals surface area contributed by atoms with Crippen molar-refractivity contribution in [2.45, 2.75) is 39.5 Å². The Morgan fingerprint density at radius 1 is 1.09 bits per heavy atom. The molecule has 0 atom stereocenters. The van der Waals surface area contributed by atoms with Gasteiger partial charge in [0.25, 0.3) is 5.91 Å². The average molecular weight is 311 g/mol. The van der Waals surface area contributed by atoms with Crippen LogP contribution in [0.3, 0.4) is 0 Å². The Morgan fingerprint density at radius 3 is 2.43 bits per heavy atom. The fraction of sp³-hybridized carbons (Fsp3) is 0.350. The second-order valence-corrected chi connectivity index (χ2v) is 5.92. The summed E-state index contributed by atoms with van der Waals surface area (Å²) >= 11 is 0. The maximum atomic E-state index is 12.4. The number of benzene rings is 2. The second-order valence-electron chi connectivity index (χ2n) is 5.92. The number of rotatable bonds is 7. The highest BCUT2D eigenvalue weighted by molar-refractivity contribution is 6.04. The molecule has 2 aromatic rings. The first-order chi connectivity index (χ1) is 11.1. The Labute approximate surface area is 138 Å². The lowest BCUT2D eigenvalue weighted by atomic mass is 10.0. The predicted octanol–water partition coefficient (Wildman–Crippen LogP) is 5.24. The van der Waals surface area contributed by atoms with E-state index in [4.69, 9.17) is 4.74 Å². The Balaban J connectivity index is 2.04. The van der Waals surface area contributed by atoms with Crippen LogP contribution in [-0.2, 0) is 0 Å². The highest BCUT2D eigenvalue weighted by Crippen LogP contribution is 2.24. The van der Waals surface area contributed by atoms with Crippen LogP contribution in [0.1, 0.15) is 55.5 Å². The van der Waals surface area contributed by atoms with Gasteiger partial charge in [0.2, 0.25) is 0 Å². The summed E-state index contributed by atoms with van der Waals surface area (Å²) in [5.41, 5.74) is 2.64. The number of para-hydroxylation sites is 1. The smallest absolute Gasteiger partial charge is 0.255 e. The van der Waals surface area contributed by atoms with Crippen molar-refractivity contribution in [3.05, 3.63) is 59.7 Å². The van der Waals surface area contributed by atoms with Crippen LogP contribution in [0.5, 0.6) is 5.75 Å². The van der Waals surface area contributed by atoms with Crippen molar-refractivity contribution in [1.82, 2.24) is 0 Å². The van der Waals surface area contributed by atoms with Crippen molar-refractivity contribution < 1.29 is 9.53 Å². The van der Waals surface area contributed by atoms with Crippen LogP contribution >= 0.6 is 0 Å². The van der Waals surface area contributed by atoms with Crippen LogP contribution in [0.25, 0.3) is 0 Å². The first-order valence-electron chi connectivity index (χ1n) is 8.25. The quantitative estimate of drug-likeness (QED) is 0.710. The average Bonchev–Trinajstić information content (AvgIpc) is 2.56. The van der Waals surface area contributed by atoms with E-state index in [-0.39, 0.29) is 5.91 Å². The summed E-state index contributed by atoms with van der Waals surface area (Å²) in [5.74, 6) is 1.07. The lowest BCUT2D eigenvalue weighted by Gasteiger charge is -2.13. The number of ether oxygens (including phenoxy) is 1. The normalized spacial score (nSPS) is 10.6. The zero-order chi connectivity index (χ0) is 16.7. The molecule has 0 aliphatic rings. The maximum absolute atomic E-state index is 12.4. The first-order valence-corrected chi connectivity index (χ1v) is 8.25. The lowest BCUT2D eigenvalue weighted by molar-refractivity contribution is 0.102. The Bertz CT molecular complexity index is 632. The van der Waals surface area contributed by atoms with Gasteiger partial charge in [0, 0.05) is 11.3 Å². The molecule has 3 heteroatoms. The minimum Gasteiger partial charge on any atom is -0.494 e. The molecule has 0 aliphatic carbocycles. The summed E-state index contributed by atoms with van der Waals surface area (Å²) in [5, 5.41) is 3.00. The predicted molar refractivity (Wildman–Crippen MR) is 95.3 cm³/mol. The van der Waals surface area contributed by atoms with Crippen LogP contribution in [0.15, 0.2) is 48.5 Å². The van der Waals surface area contributed by atoms with Crippen LogP contribution in [0.4, 0.5) is 5.69 Å². The summed E-state index contributed by atoms with van der Waals surface area (Å²) in [4.78, 5) is 12.4. The standard InChI is InChI=1S/C20H25NO2/c1-4-5-14-23-17-12-10-16(11-13-17)20(22)21-19-9-7-6-8-18(19)15(2)3/h6-13,15H,4-5,14H2,1-3H3,(H,21,22). The van der Waals surface area contributed by atoms with Gasteiger partial charge >= 0.3 is 0 Å². The molecule has 0 saturated carbocycles. The molecule has 0 aliphatic heterocycles. The van der Waals surface area contributed by atoms with Crippen molar-refractivity contribution in [2.75, 3.05) is 11.9 Å². The number of carbonyl (C=O) groups excluding carboxylic acids is 1. The monoisotopic (exact) mass is 311 g/mol. The summed E-state index contributed by atoms with van der Waals surface area (Å²) < 4.78 is 5.62. The molecule has 2 rings (SSSR count). The fourth-order valence-electron chi connectivity index (χ4n) is 2.35. The van der Waals surface area contributed by atoms with Gasteiger partial charge in [-0.25, -0.2) is 0 Å². The molecular formula is C20H25NO2. The van der Waals surface area contributed by atoms with Gasteiger partial charge in [0.05, 0.1) is 6.61 Å². The van der Waals surface area contributed by atoms with E-state index < -0.39 is 0 Å². The molecule has 1 N–H and O–H groups in total. The lowest BCUT2D eigenvalue weighted by Crippen LogP contribution is -2.13. The van der Waals surface area contributed by atoms with Crippen LogP contribution in [-0.4, -0.2) is 12.5 Å². The van der Waals surface area contributed by atoms with Gasteiger partial charge in [0.15, 0.2) is 0 Å². The largest absolute Gasteiger partial charge is 0.494 e. The van der Waals surface area contributed by atoms with Gasteiger partial charge in [-0.15, -0.1) is 0 Å². The van der Waals surface area contributed by atoms with E-state index >= 15 is 0 Å². The number of hydrogen-bond acceptors (Lipinski definition) is 2. The second kappa shape index (κ2) is 8.37. The molecule has 3 nitrogen and oxygen atoms in total. The van der Waals surface area contributed by atoms with Gasteiger partial charge in [-0.2, -0.15) is 0 Å². The molecule has 2 aromatic carbocycles. The fourth-order valence-corrected chi connectivity index (χ4v) is 2.35. The van der Waals surface area contributed by atoms with E-state index in [1.807, 2.05) is 36.4 Å². The van der Waals surface area contributed by atoms with Crippen molar-refractivity contribution in [3.8, 4) is 5.75 Å². The van der Waals surface area contributed by atoms with Gasteiger partial charge in [0.1, 0.15) is 5.75 Å². The zero-order valence-corrected chi connectivity index (χ0v) is 14.1. The molecule has 122 valence electrons. The summed E-state index contributed by atoms with van der Waals surface area (Å²) in [6, 6.07) is 15.2. The number of anilines is 1. The SMILES string of the molecule is CCCCOc1ccc(C(=O)Nc2ccccc2C(C)C)cc1. The van der Waals surface area contributed by atoms with E-state index in [0.29, 0.717) is 18.1 Å². The highest BCUT2D eigenvalue weighted by atomic mass is 16.5. The molecule has 0 unspecified atom stereocenters. The van der Waals surface area contributed by atoms with Crippen LogP contribution < -0.4 is 10.1 Å². The molecule has 0 spiro atoms. The van der Waals surface area contributed by atoms with E-state index in [1.54, 1.807) is 12.1 Å². The van der Waals surface area contributed by atoms with E-state index in [0.717, 1.165) is 29.8 Å². The van der Waals surface area contributed by atoms with Crippen LogP contribution in [0.2, 0.25) is 0 Å². The number of amides is 1. The van der Waals surface area contributed by atoms with Crippen molar-refractivity contribution in [3.63, 3.8) is 0 Å². The maximum Gasteiger partial charge on any atom is 0.255 e. The number of carbonyl (C=O) groups is 1. The van der Waals surface area contributed by atoms with Gasteiger partial charge in [-0.3, -0.25) is 4.79 Å². The van der Waals surface area contributed by atoms with E-state index in [1.165, 1.54) is 0 Å². The van der Waals surface area contributed by atoms with Crippen LogP contribution in [0, 0.1) is 0 Å². The molecule has 0 heterocycles. The van der Waals surface area contributed by atoms with Crippen molar-refractivity contribution in [1.29, 1.82) is 0 Å². The molecule has 23 heavy (non-hydrogen) atoms. The summed E-state index contributed by atoms with van der Waals surface area (Å²) in [6.07, 6.45) is 2.14. The zero-order valence-electron chi connectivity index (χ0n) is 14.1. The Hall–Kier alpha value is -2.29. The minimum atomic E-state index is -0.0989. The highest BCUT2D eigenvalue weighted by Gasteiger charge is 2.10. The third-order valence-electron chi connectivity index (χ3n) is 3.71. The third-order valence-corrected chi connectivity index (χ3v) is 3.71. The molecule has 0 aromatic heterocycles. The molecule has 1 amide bonds. The van der Waals surface area contributed by atoms with Gasteiger partial charge in [-0.05, 0) is 48.2 Å². The van der Waals surface area contributed by atoms with Gasteiger partial charge in [-0.1, -0.05) is 45.4 Å². The van der Waals surface area contributed by atoms with Gasteiger partial charge < -0.3 is 10.1 Å². The number of hydrogen-bond donors (Lipinski definition) is 1. The molecule has 0 bridgehead atoms. The molecule has 0 radical (unpaired) electrons. The minimum absolute atomic E-state index is 0.0989.